The zero-order valence-corrected chi connectivity index (χ0v) is 21.1. The van der Waals surface area contributed by atoms with Crippen molar-refractivity contribution < 1.29 is 9.59 Å². The maximum atomic E-state index is 12.3. The highest BCUT2D eigenvalue weighted by Crippen LogP contribution is 2.06. The summed E-state index contributed by atoms with van der Waals surface area (Å²) in [7, 11) is 4.09. The molecule has 34 heavy (non-hydrogen) atoms. The van der Waals surface area contributed by atoms with Crippen LogP contribution in [0.2, 0.25) is 0 Å². The summed E-state index contributed by atoms with van der Waals surface area (Å²) in [6.45, 7) is 8.54. The molecule has 0 aromatic carbocycles. The minimum absolute atomic E-state index is 0.119. The van der Waals surface area contributed by atoms with Crippen molar-refractivity contribution in [2.75, 3.05) is 40.3 Å². The minimum Gasteiger partial charge on any atom is -0.351 e. The van der Waals surface area contributed by atoms with Crippen LogP contribution in [0, 0.1) is 0 Å². The number of carbonyl (C=O) groups is 2. The minimum atomic E-state index is -0.119. The molecule has 2 amide bonds. The summed E-state index contributed by atoms with van der Waals surface area (Å²) in [5.74, 6) is -0.238. The van der Waals surface area contributed by atoms with Crippen molar-refractivity contribution in [2.24, 2.45) is 0 Å². The van der Waals surface area contributed by atoms with Gasteiger partial charge in [0.15, 0.2) is 0 Å². The molecule has 0 spiro atoms. The van der Waals surface area contributed by atoms with Gasteiger partial charge in [-0.25, -0.2) is 9.97 Å². The number of likely N-dealkylation sites (N-methyl/N-ethyl adjacent to an activating group) is 2. The van der Waals surface area contributed by atoms with Crippen LogP contribution in [0.15, 0.2) is 36.4 Å². The van der Waals surface area contributed by atoms with Gasteiger partial charge in [0.1, 0.15) is 11.4 Å². The van der Waals surface area contributed by atoms with E-state index in [1.54, 1.807) is 12.1 Å². The molecule has 2 aromatic heterocycles. The van der Waals surface area contributed by atoms with Gasteiger partial charge in [-0.15, -0.1) is 0 Å². The van der Waals surface area contributed by atoms with Crippen LogP contribution in [-0.2, 0) is 13.1 Å². The number of carbonyl (C=O) groups excluding carboxylic acids is 2. The van der Waals surface area contributed by atoms with Crippen molar-refractivity contribution in [1.82, 2.24) is 30.4 Å². The second-order valence-electron chi connectivity index (χ2n) is 8.72. The second-order valence-corrected chi connectivity index (χ2v) is 8.72. The average Bonchev–Trinajstić information content (AvgIpc) is 2.83. The Morgan fingerprint density at radius 3 is 1.53 bits per heavy atom. The van der Waals surface area contributed by atoms with E-state index >= 15 is 0 Å². The highest BCUT2D eigenvalue weighted by Gasteiger charge is 2.11. The van der Waals surface area contributed by atoms with E-state index in [1.807, 2.05) is 38.4 Å². The van der Waals surface area contributed by atoms with Crippen molar-refractivity contribution >= 4 is 11.8 Å². The number of nitrogens with zero attached hydrogens (tertiary/aromatic N) is 4. The number of nitrogens with one attached hydrogen (secondary N) is 2. The first-order chi connectivity index (χ1) is 16.4. The number of hydrogen-bond donors (Lipinski definition) is 2. The molecule has 2 aromatic rings. The number of pyridine rings is 2. The molecule has 2 heterocycles. The molecule has 0 unspecified atom stereocenters. The van der Waals surface area contributed by atoms with Crippen LogP contribution in [-0.4, -0.2) is 71.9 Å². The van der Waals surface area contributed by atoms with Gasteiger partial charge in [-0.1, -0.05) is 38.8 Å². The Kier molecular flexibility index (Phi) is 12.2. The van der Waals surface area contributed by atoms with Crippen LogP contribution in [0.3, 0.4) is 0 Å². The van der Waals surface area contributed by atoms with Gasteiger partial charge in [-0.3, -0.25) is 19.4 Å². The van der Waals surface area contributed by atoms with E-state index in [0.29, 0.717) is 37.6 Å². The normalized spacial score (nSPS) is 11.1. The Balaban J connectivity index is 1.80. The molecule has 0 radical (unpaired) electrons. The highest BCUT2D eigenvalue weighted by atomic mass is 16.2. The first-order valence-corrected chi connectivity index (χ1v) is 12.3. The molecular formula is C26H40N6O2. The third-order valence-corrected chi connectivity index (χ3v) is 5.44. The van der Waals surface area contributed by atoms with Crippen LogP contribution in [0.5, 0.6) is 0 Å². The molecule has 0 saturated carbocycles. The lowest BCUT2D eigenvalue weighted by Gasteiger charge is -2.22. The van der Waals surface area contributed by atoms with E-state index in [9.17, 15) is 9.59 Å². The van der Waals surface area contributed by atoms with E-state index < -0.39 is 0 Å². The van der Waals surface area contributed by atoms with Gasteiger partial charge in [0, 0.05) is 39.3 Å². The molecule has 0 fully saturated rings. The lowest BCUT2D eigenvalue weighted by atomic mass is 10.2. The lowest BCUT2D eigenvalue weighted by Crippen LogP contribution is -2.31. The molecule has 8 nitrogen and oxygen atoms in total. The Bertz CT molecular complexity index is 831. The molecule has 2 N–H and O–H groups in total. The standard InChI is InChI=1S/C26H40N6O2/c1-5-7-15-27-25(33)23-13-9-11-21(29-23)19-31(3)17-18-32(4)20-22-12-10-14-24(30-22)26(34)28-16-8-6-2/h9-14H,5-8,15-20H2,1-4H3,(H,27,33)(H,28,34). The van der Waals surface area contributed by atoms with Crippen LogP contribution < -0.4 is 10.6 Å². The fourth-order valence-corrected chi connectivity index (χ4v) is 3.38. The summed E-state index contributed by atoms with van der Waals surface area (Å²) in [5, 5.41) is 5.83. The van der Waals surface area contributed by atoms with E-state index in [4.69, 9.17) is 0 Å². The van der Waals surface area contributed by atoms with Crippen molar-refractivity contribution in [3.63, 3.8) is 0 Å². The van der Waals surface area contributed by atoms with Crippen molar-refractivity contribution in [2.45, 2.75) is 52.6 Å². The smallest absolute Gasteiger partial charge is 0.269 e. The predicted molar refractivity (Wildman–Crippen MR) is 136 cm³/mol. The fourth-order valence-electron chi connectivity index (χ4n) is 3.38. The van der Waals surface area contributed by atoms with Crippen LogP contribution in [0.1, 0.15) is 71.9 Å². The fraction of sp³-hybridized carbons (Fsp3) is 0.538. The number of unbranched alkanes of at least 4 members (excludes halogenated alkanes) is 2. The van der Waals surface area contributed by atoms with Gasteiger partial charge in [0.25, 0.3) is 11.8 Å². The molecule has 0 aliphatic carbocycles. The topological polar surface area (TPSA) is 90.5 Å². The second kappa shape index (κ2) is 15.1. The van der Waals surface area contributed by atoms with Crippen LogP contribution >= 0.6 is 0 Å². The summed E-state index contributed by atoms with van der Waals surface area (Å²) >= 11 is 0. The molecule has 0 aliphatic heterocycles. The van der Waals surface area contributed by atoms with Crippen LogP contribution in [0.4, 0.5) is 0 Å². The van der Waals surface area contributed by atoms with Gasteiger partial charge < -0.3 is 10.6 Å². The number of hydrogen-bond acceptors (Lipinski definition) is 6. The van der Waals surface area contributed by atoms with Gasteiger partial charge in [0.05, 0.1) is 11.4 Å². The third-order valence-electron chi connectivity index (χ3n) is 5.44. The van der Waals surface area contributed by atoms with Crippen molar-refractivity contribution in [1.29, 1.82) is 0 Å². The zero-order valence-electron chi connectivity index (χ0n) is 21.1. The average molecular weight is 469 g/mol. The van der Waals surface area contributed by atoms with E-state index in [0.717, 1.165) is 50.2 Å². The van der Waals surface area contributed by atoms with Gasteiger partial charge in [-0.2, -0.15) is 0 Å². The SMILES string of the molecule is CCCCNC(=O)c1cccc(CN(C)CCN(C)Cc2cccc(C(=O)NCCCC)n2)n1. The monoisotopic (exact) mass is 468 g/mol. The summed E-state index contributed by atoms with van der Waals surface area (Å²) in [4.78, 5) is 37.9. The Morgan fingerprint density at radius 2 is 1.15 bits per heavy atom. The quantitative estimate of drug-likeness (QED) is 0.391. The number of amides is 2. The molecule has 0 atom stereocenters. The summed E-state index contributed by atoms with van der Waals surface area (Å²) < 4.78 is 0. The first kappa shape index (κ1) is 27.4. The molecule has 8 heteroatoms. The van der Waals surface area contributed by atoms with Crippen molar-refractivity contribution in [3.05, 3.63) is 59.2 Å². The molecule has 0 saturated heterocycles. The van der Waals surface area contributed by atoms with E-state index in [2.05, 4.69) is 44.2 Å². The van der Waals surface area contributed by atoms with Crippen molar-refractivity contribution in [3.8, 4) is 0 Å². The zero-order chi connectivity index (χ0) is 24.8. The Labute approximate surface area is 204 Å². The van der Waals surface area contributed by atoms with Gasteiger partial charge in [-0.05, 0) is 51.2 Å². The third kappa shape index (κ3) is 9.97. The van der Waals surface area contributed by atoms with E-state index in [-0.39, 0.29) is 11.8 Å². The number of rotatable bonds is 15. The molecule has 0 aliphatic rings. The Hall–Kier alpha value is -2.84. The summed E-state index contributed by atoms with van der Waals surface area (Å²) in [6.07, 6.45) is 4.02. The first-order valence-electron chi connectivity index (χ1n) is 12.3. The highest BCUT2D eigenvalue weighted by molar-refractivity contribution is 5.92. The maximum Gasteiger partial charge on any atom is 0.269 e. The summed E-state index contributed by atoms with van der Waals surface area (Å²) in [5.41, 5.74) is 2.67. The predicted octanol–water partition coefficient (Wildman–Crippen LogP) is 3.10. The van der Waals surface area contributed by atoms with Gasteiger partial charge in [0.2, 0.25) is 0 Å². The molecule has 2 rings (SSSR count). The maximum absolute atomic E-state index is 12.3. The molecule has 0 bridgehead atoms. The number of aromatic nitrogens is 2. The van der Waals surface area contributed by atoms with Crippen LogP contribution in [0.25, 0.3) is 0 Å². The van der Waals surface area contributed by atoms with Gasteiger partial charge >= 0.3 is 0 Å². The summed E-state index contributed by atoms with van der Waals surface area (Å²) in [6, 6.07) is 11.2. The Morgan fingerprint density at radius 1 is 0.735 bits per heavy atom. The molecule has 186 valence electrons. The largest absolute Gasteiger partial charge is 0.351 e. The molecular weight excluding hydrogens is 428 g/mol. The van der Waals surface area contributed by atoms with E-state index in [1.165, 1.54) is 0 Å². The lowest BCUT2D eigenvalue weighted by molar-refractivity contribution is 0.0939.